The van der Waals surface area contributed by atoms with Gasteiger partial charge in [-0.2, -0.15) is 0 Å². The van der Waals surface area contributed by atoms with Gasteiger partial charge in [0.1, 0.15) is 0 Å². The van der Waals surface area contributed by atoms with Gasteiger partial charge in [0.2, 0.25) is 0 Å². The number of nitrogens with one attached hydrogen (secondary N) is 1. The molecule has 0 unspecified atom stereocenters. The molecule has 1 rings (SSSR count). The van der Waals surface area contributed by atoms with E-state index in [1.165, 1.54) is 44.2 Å². The summed E-state index contributed by atoms with van der Waals surface area (Å²) in [6.45, 7) is 3.37. The maximum Gasteiger partial charge on any atom is 0.0340 e. The van der Waals surface area contributed by atoms with Gasteiger partial charge in [-0.3, -0.25) is 0 Å². The summed E-state index contributed by atoms with van der Waals surface area (Å²) in [4.78, 5) is 0. The van der Waals surface area contributed by atoms with Crippen LogP contribution in [0.2, 0.25) is 0 Å². The van der Waals surface area contributed by atoms with Crippen molar-refractivity contribution >= 4 is 18.1 Å². The number of para-hydroxylation sites is 1. The lowest BCUT2D eigenvalue weighted by atomic mass is 10.1. The molecule has 92 valence electrons. The van der Waals surface area contributed by atoms with Crippen LogP contribution in [-0.2, 0) is 0 Å². The van der Waals surface area contributed by atoms with E-state index in [0.29, 0.717) is 0 Å². The molecule has 0 aliphatic rings. The minimum absolute atomic E-state index is 0. The maximum atomic E-state index is 3.44. The van der Waals surface area contributed by atoms with Crippen molar-refractivity contribution < 1.29 is 0 Å². The SMILES string of the molecule is CCCCCCCCNc1ccccc1.Cl. The Morgan fingerprint density at radius 1 is 0.875 bits per heavy atom. The van der Waals surface area contributed by atoms with Crippen LogP contribution < -0.4 is 5.32 Å². The molecule has 1 aromatic rings. The Balaban J connectivity index is 0.00000225. The van der Waals surface area contributed by atoms with Crippen molar-refractivity contribution in [2.24, 2.45) is 0 Å². The minimum Gasteiger partial charge on any atom is -0.385 e. The van der Waals surface area contributed by atoms with Crippen LogP contribution in [0.5, 0.6) is 0 Å². The van der Waals surface area contributed by atoms with Gasteiger partial charge in [-0.1, -0.05) is 57.2 Å². The van der Waals surface area contributed by atoms with E-state index < -0.39 is 0 Å². The van der Waals surface area contributed by atoms with Gasteiger partial charge in [0.25, 0.3) is 0 Å². The molecular weight excluding hydrogens is 218 g/mol. The monoisotopic (exact) mass is 241 g/mol. The first-order chi connectivity index (χ1) is 7.43. The van der Waals surface area contributed by atoms with Gasteiger partial charge in [-0.15, -0.1) is 12.4 Å². The summed E-state index contributed by atoms with van der Waals surface area (Å²) in [6, 6.07) is 10.4. The molecule has 0 radical (unpaired) electrons. The van der Waals surface area contributed by atoms with Crippen molar-refractivity contribution in [3.63, 3.8) is 0 Å². The van der Waals surface area contributed by atoms with Gasteiger partial charge >= 0.3 is 0 Å². The standard InChI is InChI=1S/C14H23N.ClH/c1-2-3-4-5-6-10-13-15-14-11-8-7-9-12-14;/h7-9,11-12,15H,2-6,10,13H2,1H3;1H. The van der Waals surface area contributed by atoms with E-state index in [0.717, 1.165) is 6.54 Å². The largest absolute Gasteiger partial charge is 0.385 e. The van der Waals surface area contributed by atoms with Crippen molar-refractivity contribution in [1.29, 1.82) is 0 Å². The lowest BCUT2D eigenvalue weighted by molar-refractivity contribution is 0.617. The summed E-state index contributed by atoms with van der Waals surface area (Å²) < 4.78 is 0. The third kappa shape index (κ3) is 7.58. The third-order valence-corrected chi connectivity index (χ3v) is 2.63. The Morgan fingerprint density at radius 3 is 2.19 bits per heavy atom. The highest BCUT2D eigenvalue weighted by atomic mass is 35.5. The van der Waals surface area contributed by atoms with E-state index in [2.05, 4.69) is 42.6 Å². The summed E-state index contributed by atoms with van der Waals surface area (Å²) >= 11 is 0. The quantitative estimate of drug-likeness (QED) is 0.640. The summed E-state index contributed by atoms with van der Waals surface area (Å²) in [5, 5.41) is 3.44. The zero-order valence-corrected chi connectivity index (χ0v) is 11.1. The molecule has 0 aliphatic carbocycles. The summed E-state index contributed by atoms with van der Waals surface area (Å²) in [5.41, 5.74) is 1.24. The average molecular weight is 242 g/mol. The molecule has 0 aliphatic heterocycles. The molecule has 16 heavy (non-hydrogen) atoms. The van der Waals surface area contributed by atoms with Gasteiger partial charge in [-0.05, 0) is 18.6 Å². The summed E-state index contributed by atoms with van der Waals surface area (Å²) in [7, 11) is 0. The van der Waals surface area contributed by atoms with Crippen LogP contribution in [0.15, 0.2) is 30.3 Å². The fourth-order valence-corrected chi connectivity index (χ4v) is 1.69. The van der Waals surface area contributed by atoms with Crippen LogP contribution in [0.3, 0.4) is 0 Å². The molecule has 0 saturated heterocycles. The average Bonchev–Trinajstić information content (AvgIpc) is 2.29. The fraction of sp³-hybridized carbons (Fsp3) is 0.571. The van der Waals surface area contributed by atoms with Crippen LogP contribution >= 0.6 is 12.4 Å². The highest BCUT2D eigenvalue weighted by Gasteiger charge is 1.91. The van der Waals surface area contributed by atoms with Gasteiger partial charge in [0.15, 0.2) is 0 Å². The Morgan fingerprint density at radius 2 is 1.50 bits per heavy atom. The number of hydrogen-bond donors (Lipinski definition) is 1. The van der Waals surface area contributed by atoms with Crippen molar-refractivity contribution in [3.8, 4) is 0 Å². The number of anilines is 1. The first kappa shape index (κ1) is 15.3. The van der Waals surface area contributed by atoms with Crippen molar-refractivity contribution in [1.82, 2.24) is 0 Å². The smallest absolute Gasteiger partial charge is 0.0340 e. The highest BCUT2D eigenvalue weighted by Crippen LogP contribution is 2.07. The molecule has 1 nitrogen and oxygen atoms in total. The molecule has 0 spiro atoms. The van der Waals surface area contributed by atoms with Gasteiger partial charge in [0.05, 0.1) is 0 Å². The fourth-order valence-electron chi connectivity index (χ4n) is 1.69. The zero-order valence-electron chi connectivity index (χ0n) is 10.2. The zero-order chi connectivity index (χ0) is 10.8. The number of halogens is 1. The summed E-state index contributed by atoms with van der Waals surface area (Å²) in [6.07, 6.45) is 8.18. The lowest BCUT2D eigenvalue weighted by Crippen LogP contribution is -2.00. The van der Waals surface area contributed by atoms with E-state index >= 15 is 0 Å². The number of unbranched alkanes of at least 4 members (excludes halogenated alkanes) is 5. The molecule has 1 N–H and O–H groups in total. The van der Waals surface area contributed by atoms with E-state index in [-0.39, 0.29) is 12.4 Å². The summed E-state index contributed by atoms with van der Waals surface area (Å²) in [5.74, 6) is 0. The van der Waals surface area contributed by atoms with Gasteiger partial charge in [0, 0.05) is 12.2 Å². The predicted molar refractivity (Wildman–Crippen MR) is 75.6 cm³/mol. The van der Waals surface area contributed by atoms with Crippen LogP contribution in [-0.4, -0.2) is 6.54 Å². The van der Waals surface area contributed by atoms with Crippen LogP contribution in [0.1, 0.15) is 45.4 Å². The highest BCUT2D eigenvalue weighted by molar-refractivity contribution is 5.85. The second-order valence-corrected chi connectivity index (χ2v) is 4.06. The van der Waals surface area contributed by atoms with Crippen molar-refractivity contribution in [2.75, 3.05) is 11.9 Å². The van der Waals surface area contributed by atoms with E-state index in [1.54, 1.807) is 0 Å². The Labute approximate surface area is 106 Å². The topological polar surface area (TPSA) is 12.0 Å². The van der Waals surface area contributed by atoms with Crippen molar-refractivity contribution in [3.05, 3.63) is 30.3 Å². The maximum absolute atomic E-state index is 3.44. The molecule has 0 aromatic heterocycles. The molecule has 0 atom stereocenters. The molecule has 0 heterocycles. The normalized spacial score (nSPS) is 9.56. The lowest BCUT2D eigenvalue weighted by Gasteiger charge is -2.05. The second kappa shape index (κ2) is 10.8. The van der Waals surface area contributed by atoms with Crippen molar-refractivity contribution in [2.45, 2.75) is 45.4 Å². The van der Waals surface area contributed by atoms with Gasteiger partial charge in [-0.25, -0.2) is 0 Å². The number of benzene rings is 1. The van der Waals surface area contributed by atoms with Crippen LogP contribution in [0.4, 0.5) is 5.69 Å². The Bertz CT molecular complexity index is 236. The molecule has 0 amide bonds. The first-order valence-corrected chi connectivity index (χ1v) is 6.22. The number of hydrogen-bond acceptors (Lipinski definition) is 1. The van der Waals surface area contributed by atoms with Gasteiger partial charge < -0.3 is 5.32 Å². The van der Waals surface area contributed by atoms with Crippen LogP contribution in [0, 0.1) is 0 Å². The van der Waals surface area contributed by atoms with E-state index in [9.17, 15) is 0 Å². The Kier molecular flexibility index (Phi) is 10.3. The molecule has 0 saturated carbocycles. The third-order valence-electron chi connectivity index (χ3n) is 2.63. The minimum atomic E-state index is 0. The molecule has 0 fully saturated rings. The molecule has 0 bridgehead atoms. The second-order valence-electron chi connectivity index (χ2n) is 4.06. The first-order valence-electron chi connectivity index (χ1n) is 6.22. The molecule has 1 aromatic carbocycles. The van der Waals surface area contributed by atoms with E-state index in [1.807, 2.05) is 0 Å². The number of rotatable bonds is 8. The molecular formula is C14H24ClN. The van der Waals surface area contributed by atoms with E-state index in [4.69, 9.17) is 0 Å². The Hall–Kier alpha value is -0.690. The van der Waals surface area contributed by atoms with Crippen LogP contribution in [0.25, 0.3) is 0 Å². The predicted octanol–water partition coefficient (Wildman–Crippen LogP) is 4.88. The molecule has 2 heteroatoms.